The average Bonchev–Trinajstić information content (AvgIpc) is 3.25. The summed E-state index contributed by atoms with van der Waals surface area (Å²) in [7, 11) is 0. The van der Waals surface area contributed by atoms with E-state index in [1.165, 1.54) is 17.8 Å². The Morgan fingerprint density at radius 1 is 1.08 bits per heavy atom. The van der Waals surface area contributed by atoms with Crippen LogP contribution in [0, 0.1) is 0 Å². The van der Waals surface area contributed by atoms with Crippen LogP contribution in [0.1, 0.15) is 29.1 Å². The lowest BCUT2D eigenvalue weighted by Gasteiger charge is -2.16. The molecule has 4 rings (SSSR count). The molecule has 4 aromatic rings. The fraction of sp³-hybridized carbons (Fsp3) is 0.154. The fourth-order valence-electron chi connectivity index (χ4n) is 3.63. The summed E-state index contributed by atoms with van der Waals surface area (Å²) in [5, 5.41) is 17.7. The molecule has 0 bridgehead atoms. The maximum absolute atomic E-state index is 12.7. The molecule has 0 unspecified atom stereocenters. The maximum Gasteiger partial charge on any atom is 0.253 e. The summed E-state index contributed by atoms with van der Waals surface area (Å²) in [4.78, 5) is 25.3. The van der Waals surface area contributed by atoms with Crippen molar-refractivity contribution in [1.82, 2.24) is 20.1 Å². The smallest absolute Gasteiger partial charge is 0.253 e. The summed E-state index contributed by atoms with van der Waals surface area (Å²) >= 11 is 13.3. The minimum Gasteiger partial charge on any atom is -0.342 e. The van der Waals surface area contributed by atoms with Crippen molar-refractivity contribution in [1.29, 1.82) is 0 Å². The van der Waals surface area contributed by atoms with Crippen molar-refractivity contribution in [2.75, 3.05) is 11.1 Å². The molecule has 7 nitrogen and oxygen atoms in total. The molecule has 2 N–H and O–H groups in total. The third-order valence-electron chi connectivity index (χ3n) is 5.33. The predicted molar refractivity (Wildman–Crippen MR) is 146 cm³/mol. The molecule has 1 heterocycles. The van der Waals surface area contributed by atoms with Gasteiger partial charge in [0.15, 0.2) is 11.0 Å². The van der Waals surface area contributed by atoms with Crippen LogP contribution in [0.4, 0.5) is 5.69 Å². The minimum absolute atomic E-state index is 0.142. The molecule has 184 valence electrons. The van der Waals surface area contributed by atoms with Crippen molar-refractivity contribution in [3.05, 3.63) is 94.8 Å². The Morgan fingerprint density at radius 3 is 2.61 bits per heavy atom. The molecule has 0 aliphatic rings. The Bertz CT molecular complexity index is 1440. The first kappa shape index (κ1) is 25.8. The number of hydrogen-bond donors (Lipinski definition) is 2. The monoisotopic (exact) mass is 539 g/mol. The number of amides is 2. The highest BCUT2D eigenvalue weighted by molar-refractivity contribution is 7.99. The topological polar surface area (TPSA) is 88.9 Å². The van der Waals surface area contributed by atoms with E-state index in [2.05, 4.69) is 27.4 Å². The first-order chi connectivity index (χ1) is 17.4. The Hall–Kier alpha value is -3.33. The standard InChI is InChI=1S/C26H23Cl2N5O2S/c1-3-12-33-24(16(2)29-25(35)21-11-9-19(27)14-22(21)28)31-32-26(33)36-15-23(34)30-20-10-8-17-6-4-5-7-18(17)13-20/h3-11,13-14,16H,1,12,15H2,2H3,(H,29,35)(H,30,34)/t16-/m1/s1. The van der Waals surface area contributed by atoms with Crippen LogP contribution in [0.2, 0.25) is 10.0 Å². The predicted octanol–water partition coefficient (Wildman–Crippen LogP) is 6.15. The molecule has 0 spiro atoms. The number of nitrogens with one attached hydrogen (secondary N) is 2. The summed E-state index contributed by atoms with van der Waals surface area (Å²) < 4.78 is 1.81. The van der Waals surface area contributed by atoms with Gasteiger partial charge in [-0.05, 0) is 48.0 Å². The van der Waals surface area contributed by atoms with Gasteiger partial charge in [-0.2, -0.15) is 0 Å². The highest BCUT2D eigenvalue weighted by Gasteiger charge is 2.21. The van der Waals surface area contributed by atoms with Gasteiger partial charge in [-0.1, -0.05) is 71.4 Å². The van der Waals surface area contributed by atoms with Gasteiger partial charge in [-0.3, -0.25) is 9.59 Å². The van der Waals surface area contributed by atoms with E-state index in [9.17, 15) is 9.59 Å². The van der Waals surface area contributed by atoms with Crippen LogP contribution in [-0.4, -0.2) is 32.3 Å². The normalized spacial score (nSPS) is 11.8. The van der Waals surface area contributed by atoms with Crippen molar-refractivity contribution in [2.45, 2.75) is 24.7 Å². The second kappa shape index (κ2) is 11.6. The van der Waals surface area contributed by atoms with Gasteiger partial charge in [0.2, 0.25) is 5.91 Å². The molecule has 0 saturated heterocycles. The van der Waals surface area contributed by atoms with Gasteiger partial charge in [0.25, 0.3) is 5.91 Å². The van der Waals surface area contributed by atoms with E-state index in [-0.39, 0.29) is 22.6 Å². The zero-order chi connectivity index (χ0) is 25.7. The van der Waals surface area contributed by atoms with Crippen molar-refractivity contribution in [3.63, 3.8) is 0 Å². The molecule has 1 atom stereocenters. The Balaban J connectivity index is 1.42. The van der Waals surface area contributed by atoms with Crippen LogP contribution in [0.25, 0.3) is 10.8 Å². The van der Waals surface area contributed by atoms with E-state index >= 15 is 0 Å². The van der Waals surface area contributed by atoms with Gasteiger partial charge in [0.05, 0.1) is 22.4 Å². The van der Waals surface area contributed by atoms with E-state index < -0.39 is 6.04 Å². The number of nitrogens with zero attached hydrogens (tertiary/aromatic N) is 3. The zero-order valence-electron chi connectivity index (χ0n) is 19.4. The number of allylic oxidation sites excluding steroid dienone is 1. The summed E-state index contributed by atoms with van der Waals surface area (Å²) in [5.74, 6) is 0.152. The third kappa shape index (κ3) is 6.07. The van der Waals surface area contributed by atoms with Crippen LogP contribution in [-0.2, 0) is 11.3 Å². The van der Waals surface area contributed by atoms with E-state index in [0.717, 1.165) is 16.5 Å². The van der Waals surface area contributed by atoms with Crippen molar-refractivity contribution < 1.29 is 9.59 Å². The van der Waals surface area contributed by atoms with Gasteiger partial charge in [0.1, 0.15) is 0 Å². The zero-order valence-corrected chi connectivity index (χ0v) is 21.7. The lowest BCUT2D eigenvalue weighted by atomic mass is 10.1. The maximum atomic E-state index is 12.7. The number of anilines is 1. The largest absolute Gasteiger partial charge is 0.342 e. The molecule has 0 aliphatic carbocycles. The average molecular weight is 540 g/mol. The van der Waals surface area contributed by atoms with E-state index in [1.54, 1.807) is 25.1 Å². The van der Waals surface area contributed by atoms with Crippen molar-refractivity contribution >= 4 is 63.2 Å². The van der Waals surface area contributed by atoms with Gasteiger partial charge in [0, 0.05) is 17.3 Å². The second-order valence-electron chi connectivity index (χ2n) is 7.96. The number of benzene rings is 3. The number of fused-ring (bicyclic) bond motifs is 1. The highest BCUT2D eigenvalue weighted by atomic mass is 35.5. The Labute approximate surface area is 222 Å². The van der Waals surface area contributed by atoms with Gasteiger partial charge < -0.3 is 15.2 Å². The fourth-order valence-corrected chi connectivity index (χ4v) is 4.88. The molecule has 10 heteroatoms. The molecule has 36 heavy (non-hydrogen) atoms. The summed E-state index contributed by atoms with van der Waals surface area (Å²) in [5.41, 5.74) is 1.03. The number of carbonyl (C=O) groups is 2. The van der Waals surface area contributed by atoms with E-state index in [0.29, 0.717) is 28.1 Å². The van der Waals surface area contributed by atoms with E-state index in [4.69, 9.17) is 23.2 Å². The molecule has 3 aromatic carbocycles. The van der Waals surface area contributed by atoms with Crippen LogP contribution < -0.4 is 10.6 Å². The van der Waals surface area contributed by atoms with Crippen LogP contribution >= 0.6 is 35.0 Å². The molecule has 2 amide bonds. The summed E-state index contributed by atoms with van der Waals surface area (Å²) in [6.07, 6.45) is 1.71. The molecule has 0 aliphatic heterocycles. The lowest BCUT2D eigenvalue weighted by molar-refractivity contribution is -0.113. The molecule has 0 fully saturated rings. The lowest BCUT2D eigenvalue weighted by Crippen LogP contribution is -2.29. The Kier molecular flexibility index (Phi) is 8.30. The number of aromatic nitrogens is 3. The first-order valence-electron chi connectivity index (χ1n) is 11.1. The van der Waals surface area contributed by atoms with Crippen molar-refractivity contribution in [2.24, 2.45) is 0 Å². The van der Waals surface area contributed by atoms with E-state index in [1.807, 2.05) is 47.0 Å². The molecular weight excluding hydrogens is 517 g/mol. The van der Waals surface area contributed by atoms with Crippen molar-refractivity contribution in [3.8, 4) is 0 Å². The summed E-state index contributed by atoms with van der Waals surface area (Å²) in [6, 6.07) is 17.9. The number of halogens is 2. The quantitative estimate of drug-likeness (QED) is 0.197. The second-order valence-corrected chi connectivity index (χ2v) is 9.74. The van der Waals surface area contributed by atoms with Gasteiger partial charge >= 0.3 is 0 Å². The molecule has 0 radical (unpaired) electrons. The van der Waals surface area contributed by atoms with Gasteiger partial charge in [-0.15, -0.1) is 16.8 Å². The number of carbonyl (C=O) groups excluding carboxylic acids is 2. The number of hydrogen-bond acceptors (Lipinski definition) is 5. The molecular formula is C26H23Cl2N5O2S. The number of rotatable bonds is 9. The third-order valence-corrected chi connectivity index (χ3v) is 6.85. The number of thioether (sulfide) groups is 1. The minimum atomic E-state index is -0.475. The highest BCUT2D eigenvalue weighted by Crippen LogP contribution is 2.24. The Morgan fingerprint density at radius 2 is 1.86 bits per heavy atom. The molecule has 0 saturated carbocycles. The first-order valence-corrected chi connectivity index (χ1v) is 12.8. The van der Waals surface area contributed by atoms with Crippen LogP contribution in [0.3, 0.4) is 0 Å². The van der Waals surface area contributed by atoms with Gasteiger partial charge in [-0.25, -0.2) is 0 Å². The SMILES string of the molecule is C=CCn1c(SCC(=O)Nc2ccc3ccccc3c2)nnc1[C@@H](C)NC(=O)c1ccc(Cl)cc1Cl. The molecule has 1 aromatic heterocycles. The summed E-state index contributed by atoms with van der Waals surface area (Å²) in [6.45, 7) is 6.01. The van der Waals surface area contributed by atoms with Crippen LogP contribution in [0.5, 0.6) is 0 Å². The van der Waals surface area contributed by atoms with Crippen LogP contribution in [0.15, 0.2) is 78.5 Å².